The molecule has 1 amide bonds. The van der Waals surface area contributed by atoms with Crippen LogP contribution in [-0.2, 0) is 4.84 Å². The van der Waals surface area contributed by atoms with Crippen molar-refractivity contribution in [3.8, 4) is 0 Å². The van der Waals surface area contributed by atoms with Crippen molar-refractivity contribution >= 4 is 45.8 Å². The predicted molar refractivity (Wildman–Crippen MR) is 98.4 cm³/mol. The topological polar surface area (TPSA) is 89.0 Å². The van der Waals surface area contributed by atoms with E-state index in [1.54, 1.807) is 30.3 Å². The number of amides is 1. The molecule has 1 aromatic carbocycles. The first-order chi connectivity index (χ1) is 12.6. The number of anilines is 1. The van der Waals surface area contributed by atoms with Crippen molar-refractivity contribution in [1.29, 1.82) is 0 Å². The van der Waals surface area contributed by atoms with Gasteiger partial charge in [-0.3, -0.25) is 4.79 Å². The molecule has 1 aliphatic rings. The molecule has 1 aliphatic heterocycles. The largest absolute Gasteiger partial charge is 0.465 e. The molecule has 0 fully saturated rings. The van der Waals surface area contributed by atoms with Crippen LogP contribution in [0.5, 0.6) is 0 Å². The molecule has 2 N–H and O–H groups in total. The highest BCUT2D eigenvalue weighted by Gasteiger charge is 2.16. The maximum absolute atomic E-state index is 12.1. The van der Waals surface area contributed by atoms with Gasteiger partial charge in [0.1, 0.15) is 5.42 Å². The first kappa shape index (κ1) is 16.2. The monoisotopic (exact) mass is 413 g/mol. The third-order valence-electron chi connectivity index (χ3n) is 3.65. The number of rotatable bonds is 3. The second-order valence-electron chi connectivity index (χ2n) is 5.36. The summed E-state index contributed by atoms with van der Waals surface area (Å²) >= 11 is 3.17. The van der Waals surface area contributed by atoms with Crippen molar-refractivity contribution in [1.82, 2.24) is 5.48 Å². The Hall–Kier alpha value is -3.26. The summed E-state index contributed by atoms with van der Waals surface area (Å²) in [6, 6.07) is 12.1. The second-order valence-corrected chi connectivity index (χ2v) is 6.14. The van der Waals surface area contributed by atoms with Gasteiger partial charge in [0, 0.05) is 11.3 Å². The van der Waals surface area contributed by atoms with Gasteiger partial charge in [0.2, 0.25) is 0 Å². The van der Waals surface area contributed by atoms with Crippen LogP contribution in [-0.4, -0.2) is 11.7 Å². The molecule has 130 valence electrons. The lowest BCUT2D eigenvalue weighted by Crippen LogP contribution is -2.22. The van der Waals surface area contributed by atoms with Crippen LogP contribution in [0, 0.1) is 0 Å². The van der Waals surface area contributed by atoms with E-state index in [1.807, 2.05) is 12.1 Å². The number of furan rings is 2. The average Bonchev–Trinajstić information content (AvgIpc) is 3.36. The fourth-order valence-corrected chi connectivity index (χ4v) is 2.66. The SMILES string of the molecule is C=c1occc1=C1N=C(c2ccc(NC(=O)c3ccc(Br)o3)cc2)NO1. The van der Waals surface area contributed by atoms with Crippen LogP contribution in [0.25, 0.3) is 12.5 Å². The highest BCUT2D eigenvalue weighted by atomic mass is 79.9. The number of aliphatic imine (C=N–C) groups is 1. The minimum absolute atomic E-state index is 0.222. The average molecular weight is 414 g/mol. The van der Waals surface area contributed by atoms with Crippen LogP contribution in [0.15, 0.2) is 67.2 Å². The molecular formula is C18H12BrN3O4. The Kier molecular flexibility index (Phi) is 4.10. The van der Waals surface area contributed by atoms with Crippen molar-refractivity contribution in [2.45, 2.75) is 0 Å². The zero-order valence-electron chi connectivity index (χ0n) is 13.3. The number of carbonyl (C=O) groups is 1. The van der Waals surface area contributed by atoms with Gasteiger partial charge in [-0.1, -0.05) is 6.58 Å². The van der Waals surface area contributed by atoms with Crippen LogP contribution in [0.1, 0.15) is 16.1 Å². The molecule has 0 aliphatic carbocycles. The lowest BCUT2D eigenvalue weighted by atomic mass is 10.2. The molecule has 3 aromatic rings. The van der Waals surface area contributed by atoms with E-state index >= 15 is 0 Å². The molecular weight excluding hydrogens is 402 g/mol. The van der Waals surface area contributed by atoms with Gasteiger partial charge in [0.25, 0.3) is 11.8 Å². The Bertz CT molecular complexity index is 1110. The van der Waals surface area contributed by atoms with Gasteiger partial charge < -0.3 is 19.0 Å². The number of hydrogen-bond acceptors (Lipinski definition) is 6. The lowest BCUT2D eigenvalue weighted by molar-refractivity contribution is 0.0995. The van der Waals surface area contributed by atoms with Crippen molar-refractivity contribution in [2.75, 3.05) is 5.32 Å². The van der Waals surface area contributed by atoms with Gasteiger partial charge in [0.05, 0.1) is 11.5 Å². The quantitative estimate of drug-likeness (QED) is 0.687. The van der Waals surface area contributed by atoms with Crippen LogP contribution < -0.4 is 21.4 Å². The minimum atomic E-state index is -0.332. The van der Waals surface area contributed by atoms with Gasteiger partial charge in [-0.05, 0) is 58.4 Å². The Morgan fingerprint density at radius 1 is 1.15 bits per heavy atom. The summed E-state index contributed by atoms with van der Waals surface area (Å²) in [5, 5.41) is 3.44. The molecule has 0 atom stereocenters. The third kappa shape index (κ3) is 3.14. The molecule has 3 heterocycles. The lowest BCUT2D eigenvalue weighted by Gasteiger charge is -2.05. The van der Waals surface area contributed by atoms with Gasteiger partial charge >= 0.3 is 0 Å². The van der Waals surface area contributed by atoms with E-state index in [9.17, 15) is 4.79 Å². The van der Waals surface area contributed by atoms with E-state index in [0.29, 0.717) is 32.7 Å². The van der Waals surface area contributed by atoms with Crippen molar-refractivity contribution in [2.24, 2.45) is 4.99 Å². The van der Waals surface area contributed by atoms with Crippen molar-refractivity contribution in [3.05, 3.63) is 75.4 Å². The van der Waals surface area contributed by atoms with E-state index in [-0.39, 0.29) is 11.7 Å². The van der Waals surface area contributed by atoms with Crippen LogP contribution in [0.3, 0.4) is 0 Å². The maximum atomic E-state index is 12.1. The molecule has 0 unspecified atom stereocenters. The maximum Gasteiger partial charge on any atom is 0.291 e. The standard InChI is InChI=1S/C18H12BrN3O4/c1-10-13(8-9-24-10)18-21-16(22-26-18)11-2-4-12(5-3-11)20-17(23)14-6-7-15(19)25-14/h2-9H,1H2,(H,20,23)(H,21,22). The Labute approximate surface area is 155 Å². The summed E-state index contributed by atoms with van der Waals surface area (Å²) in [6.45, 7) is 3.77. The van der Waals surface area contributed by atoms with Gasteiger partial charge in [-0.15, -0.1) is 0 Å². The third-order valence-corrected chi connectivity index (χ3v) is 4.07. The molecule has 0 bridgehead atoms. The van der Waals surface area contributed by atoms with E-state index < -0.39 is 0 Å². The first-order valence-electron chi connectivity index (χ1n) is 7.55. The number of nitrogens with one attached hydrogen (secondary N) is 2. The normalized spacial score (nSPS) is 15.2. The van der Waals surface area contributed by atoms with Crippen molar-refractivity contribution < 1.29 is 18.5 Å². The van der Waals surface area contributed by atoms with E-state index in [2.05, 4.69) is 38.3 Å². The first-order valence-corrected chi connectivity index (χ1v) is 8.35. The summed E-state index contributed by atoms with van der Waals surface area (Å²) in [4.78, 5) is 21.8. The molecule has 0 radical (unpaired) electrons. The minimum Gasteiger partial charge on any atom is -0.465 e. The van der Waals surface area contributed by atoms with Crippen LogP contribution in [0.2, 0.25) is 0 Å². The molecule has 26 heavy (non-hydrogen) atoms. The predicted octanol–water partition coefficient (Wildman–Crippen LogP) is 2.34. The van der Waals surface area contributed by atoms with Gasteiger partial charge in [0.15, 0.2) is 16.3 Å². The van der Waals surface area contributed by atoms with Gasteiger partial charge in [-0.2, -0.15) is 4.99 Å². The number of nitrogens with zero attached hydrogens (tertiary/aromatic N) is 1. The van der Waals surface area contributed by atoms with Crippen LogP contribution in [0.4, 0.5) is 5.69 Å². The number of amidine groups is 1. The summed E-state index contributed by atoms with van der Waals surface area (Å²) < 4.78 is 10.9. The fraction of sp³-hybridized carbons (Fsp3) is 0. The molecule has 0 saturated heterocycles. The van der Waals surface area contributed by atoms with Crippen molar-refractivity contribution in [3.63, 3.8) is 0 Å². The van der Waals surface area contributed by atoms with E-state index in [1.165, 1.54) is 6.26 Å². The van der Waals surface area contributed by atoms with Crippen LogP contribution >= 0.6 is 15.9 Å². The number of halogens is 1. The van der Waals surface area contributed by atoms with E-state index in [4.69, 9.17) is 13.7 Å². The summed E-state index contributed by atoms with van der Waals surface area (Å²) in [6.07, 6.45) is 1.52. The number of benzene rings is 1. The molecule has 7 nitrogen and oxygen atoms in total. The number of hydrogen-bond donors (Lipinski definition) is 2. The highest BCUT2D eigenvalue weighted by Crippen LogP contribution is 2.17. The zero-order valence-corrected chi connectivity index (χ0v) is 14.9. The second kappa shape index (κ2) is 6.57. The number of carbonyl (C=O) groups excluding carboxylic acids is 1. The smallest absolute Gasteiger partial charge is 0.291 e. The molecule has 4 rings (SSSR count). The zero-order chi connectivity index (χ0) is 18.1. The Balaban J connectivity index is 1.53. The van der Waals surface area contributed by atoms with E-state index in [0.717, 1.165) is 5.56 Å². The Morgan fingerprint density at radius 2 is 1.96 bits per heavy atom. The fourth-order valence-electron chi connectivity index (χ4n) is 2.35. The highest BCUT2D eigenvalue weighted by molar-refractivity contribution is 9.10. The summed E-state index contributed by atoms with van der Waals surface area (Å²) in [5.74, 6) is 0.828. The summed E-state index contributed by atoms with van der Waals surface area (Å²) in [7, 11) is 0. The number of hydroxylamine groups is 1. The Morgan fingerprint density at radius 3 is 2.62 bits per heavy atom. The molecule has 0 saturated carbocycles. The van der Waals surface area contributed by atoms with Gasteiger partial charge in [-0.25, -0.2) is 5.48 Å². The molecule has 2 aromatic heterocycles. The molecule has 8 heteroatoms. The molecule has 0 spiro atoms. The summed E-state index contributed by atoms with van der Waals surface area (Å²) in [5.41, 5.74) is 4.67.